The highest BCUT2D eigenvalue weighted by molar-refractivity contribution is 7.99. The number of ether oxygens (including phenoxy) is 1. The summed E-state index contributed by atoms with van der Waals surface area (Å²) in [6.07, 6.45) is 5.69. The molecule has 0 bridgehead atoms. The van der Waals surface area contributed by atoms with Crippen molar-refractivity contribution < 1.29 is 4.74 Å². The van der Waals surface area contributed by atoms with E-state index in [0.29, 0.717) is 0 Å². The van der Waals surface area contributed by atoms with Gasteiger partial charge in [-0.15, -0.1) is 0 Å². The first-order valence-electron chi connectivity index (χ1n) is 7.53. The highest BCUT2D eigenvalue weighted by atomic mass is 32.2. The average molecular weight is 294 g/mol. The minimum absolute atomic E-state index is 0.191. The molecule has 0 saturated heterocycles. The summed E-state index contributed by atoms with van der Waals surface area (Å²) in [7, 11) is 0. The van der Waals surface area contributed by atoms with Gasteiger partial charge in [0.2, 0.25) is 0 Å². The van der Waals surface area contributed by atoms with Gasteiger partial charge in [-0.1, -0.05) is 25.0 Å². The fourth-order valence-corrected chi connectivity index (χ4v) is 4.02. The van der Waals surface area contributed by atoms with E-state index in [1.54, 1.807) is 0 Å². The van der Waals surface area contributed by atoms with Gasteiger partial charge < -0.3 is 4.74 Å². The maximum Gasteiger partial charge on any atom is 0.120 e. The topological polar surface area (TPSA) is 47.3 Å². The molecule has 20 heavy (non-hydrogen) atoms. The SMILES string of the molecule is CC(C)Oc1cccc(C(CSC2CCCC2)NN)c1. The molecule has 3 N–H and O–H groups in total. The van der Waals surface area contributed by atoms with E-state index < -0.39 is 0 Å². The lowest BCUT2D eigenvalue weighted by Gasteiger charge is -2.19. The zero-order valence-electron chi connectivity index (χ0n) is 12.5. The molecular formula is C16H26N2OS. The minimum Gasteiger partial charge on any atom is -0.491 e. The van der Waals surface area contributed by atoms with E-state index in [1.165, 1.54) is 31.2 Å². The Balaban J connectivity index is 1.95. The Morgan fingerprint density at radius 3 is 2.75 bits per heavy atom. The van der Waals surface area contributed by atoms with E-state index >= 15 is 0 Å². The molecule has 0 heterocycles. The van der Waals surface area contributed by atoms with Crippen molar-refractivity contribution in [2.45, 2.75) is 56.9 Å². The molecule has 1 atom stereocenters. The standard InChI is InChI=1S/C16H26N2OS/c1-12(2)19-14-7-5-6-13(10-14)16(18-17)11-20-15-8-3-4-9-15/h5-7,10,12,15-16,18H,3-4,8-9,11,17H2,1-2H3. The summed E-state index contributed by atoms with van der Waals surface area (Å²) in [4.78, 5) is 0. The Morgan fingerprint density at radius 1 is 1.35 bits per heavy atom. The summed E-state index contributed by atoms with van der Waals surface area (Å²) in [6, 6.07) is 8.45. The first-order chi connectivity index (χ1) is 9.69. The fourth-order valence-electron chi connectivity index (χ4n) is 2.60. The van der Waals surface area contributed by atoms with Gasteiger partial charge in [-0.2, -0.15) is 11.8 Å². The van der Waals surface area contributed by atoms with E-state index in [4.69, 9.17) is 10.6 Å². The van der Waals surface area contributed by atoms with Gasteiger partial charge in [0.15, 0.2) is 0 Å². The van der Waals surface area contributed by atoms with Crippen LogP contribution < -0.4 is 16.0 Å². The summed E-state index contributed by atoms with van der Waals surface area (Å²) in [5.41, 5.74) is 4.15. The quantitative estimate of drug-likeness (QED) is 0.595. The second kappa shape index (κ2) is 7.91. The van der Waals surface area contributed by atoms with Gasteiger partial charge in [-0.05, 0) is 44.4 Å². The second-order valence-electron chi connectivity index (χ2n) is 5.70. The number of thioether (sulfide) groups is 1. The van der Waals surface area contributed by atoms with Crippen molar-refractivity contribution in [3.8, 4) is 5.75 Å². The maximum atomic E-state index is 5.75. The number of nitrogens with one attached hydrogen (secondary N) is 1. The van der Waals surface area contributed by atoms with Crippen LogP contribution in [0.1, 0.15) is 51.1 Å². The third-order valence-corrected chi connectivity index (χ3v) is 5.10. The van der Waals surface area contributed by atoms with Gasteiger partial charge in [-0.25, -0.2) is 0 Å². The van der Waals surface area contributed by atoms with Crippen LogP contribution in [0.4, 0.5) is 0 Å². The predicted molar refractivity (Wildman–Crippen MR) is 87.0 cm³/mol. The molecule has 0 amide bonds. The highest BCUT2D eigenvalue weighted by Gasteiger charge is 2.18. The Bertz CT molecular complexity index is 405. The molecule has 2 rings (SSSR count). The van der Waals surface area contributed by atoms with Crippen LogP contribution in [0.2, 0.25) is 0 Å². The molecule has 1 aliphatic carbocycles. The van der Waals surface area contributed by atoms with Gasteiger partial charge in [0.1, 0.15) is 5.75 Å². The lowest BCUT2D eigenvalue weighted by molar-refractivity contribution is 0.242. The molecule has 0 aromatic heterocycles. The van der Waals surface area contributed by atoms with E-state index in [2.05, 4.69) is 17.6 Å². The molecule has 1 unspecified atom stereocenters. The summed E-state index contributed by atoms with van der Waals surface area (Å²) in [6.45, 7) is 4.09. The molecule has 3 nitrogen and oxygen atoms in total. The molecule has 0 aliphatic heterocycles. The van der Waals surface area contributed by atoms with Crippen LogP contribution in [-0.4, -0.2) is 17.1 Å². The van der Waals surface area contributed by atoms with Crippen LogP contribution in [0.15, 0.2) is 24.3 Å². The number of benzene rings is 1. The fraction of sp³-hybridized carbons (Fsp3) is 0.625. The van der Waals surface area contributed by atoms with Crippen LogP contribution in [0.5, 0.6) is 5.75 Å². The third kappa shape index (κ3) is 4.69. The highest BCUT2D eigenvalue weighted by Crippen LogP contribution is 2.32. The van der Waals surface area contributed by atoms with Crippen LogP contribution in [0.3, 0.4) is 0 Å². The Kier molecular flexibility index (Phi) is 6.20. The molecule has 1 fully saturated rings. The van der Waals surface area contributed by atoms with Crippen molar-refractivity contribution in [2.24, 2.45) is 5.84 Å². The average Bonchev–Trinajstić information content (AvgIpc) is 2.92. The van der Waals surface area contributed by atoms with Crippen molar-refractivity contribution in [2.75, 3.05) is 5.75 Å². The number of rotatable bonds is 7. The van der Waals surface area contributed by atoms with Crippen LogP contribution in [0.25, 0.3) is 0 Å². The van der Waals surface area contributed by atoms with E-state index in [1.807, 2.05) is 37.7 Å². The summed E-state index contributed by atoms with van der Waals surface area (Å²) < 4.78 is 5.75. The predicted octanol–water partition coefficient (Wildman–Crippen LogP) is 3.65. The number of hydrogen-bond acceptors (Lipinski definition) is 4. The van der Waals surface area contributed by atoms with Crippen LogP contribution in [-0.2, 0) is 0 Å². The molecule has 1 aromatic carbocycles. The molecule has 0 radical (unpaired) electrons. The lowest BCUT2D eigenvalue weighted by atomic mass is 10.1. The zero-order chi connectivity index (χ0) is 14.4. The van der Waals surface area contributed by atoms with Crippen LogP contribution in [0, 0.1) is 0 Å². The van der Waals surface area contributed by atoms with E-state index in [0.717, 1.165) is 16.8 Å². The smallest absolute Gasteiger partial charge is 0.120 e. The molecule has 0 spiro atoms. The van der Waals surface area contributed by atoms with Crippen molar-refractivity contribution in [1.29, 1.82) is 0 Å². The zero-order valence-corrected chi connectivity index (χ0v) is 13.3. The minimum atomic E-state index is 0.191. The molecule has 1 aliphatic rings. The van der Waals surface area contributed by atoms with E-state index in [-0.39, 0.29) is 12.1 Å². The second-order valence-corrected chi connectivity index (χ2v) is 7.03. The summed E-state index contributed by atoms with van der Waals surface area (Å²) in [5.74, 6) is 7.68. The van der Waals surface area contributed by atoms with Gasteiger partial charge in [0.05, 0.1) is 12.1 Å². The number of hydrogen-bond donors (Lipinski definition) is 2. The maximum absolute atomic E-state index is 5.75. The van der Waals surface area contributed by atoms with Gasteiger partial charge in [0, 0.05) is 11.0 Å². The molecule has 4 heteroatoms. The van der Waals surface area contributed by atoms with Gasteiger partial charge in [0.25, 0.3) is 0 Å². The van der Waals surface area contributed by atoms with Crippen molar-refractivity contribution in [3.05, 3.63) is 29.8 Å². The third-order valence-electron chi connectivity index (χ3n) is 3.63. The van der Waals surface area contributed by atoms with Crippen LogP contribution >= 0.6 is 11.8 Å². The Labute approximate surface area is 126 Å². The molecule has 112 valence electrons. The molecule has 1 aromatic rings. The summed E-state index contributed by atoms with van der Waals surface area (Å²) >= 11 is 2.05. The van der Waals surface area contributed by atoms with Crippen molar-refractivity contribution in [3.63, 3.8) is 0 Å². The first kappa shape index (κ1) is 15.7. The Morgan fingerprint density at radius 2 is 2.10 bits per heavy atom. The molecular weight excluding hydrogens is 268 g/mol. The van der Waals surface area contributed by atoms with Gasteiger partial charge >= 0.3 is 0 Å². The lowest BCUT2D eigenvalue weighted by Crippen LogP contribution is -2.30. The van der Waals surface area contributed by atoms with Gasteiger partial charge in [-0.3, -0.25) is 11.3 Å². The van der Waals surface area contributed by atoms with E-state index in [9.17, 15) is 0 Å². The van der Waals surface area contributed by atoms with Crippen molar-refractivity contribution in [1.82, 2.24) is 5.43 Å². The van der Waals surface area contributed by atoms with Crippen molar-refractivity contribution >= 4 is 11.8 Å². The first-order valence-corrected chi connectivity index (χ1v) is 8.58. The number of hydrazine groups is 1. The normalized spacial score (nSPS) is 17.6. The summed E-state index contributed by atoms with van der Waals surface area (Å²) in [5, 5.41) is 0.820. The molecule has 1 saturated carbocycles. The Hall–Kier alpha value is -0.710. The largest absolute Gasteiger partial charge is 0.491 e. The number of nitrogens with two attached hydrogens (primary N) is 1. The monoisotopic (exact) mass is 294 g/mol.